The number of nitrogens with two attached hydrogens (primary N) is 1. The lowest BCUT2D eigenvalue weighted by atomic mass is 9.93. The van der Waals surface area contributed by atoms with Gasteiger partial charge in [0.2, 0.25) is 5.91 Å². The molecular weight excluding hydrogens is 348 g/mol. The molecule has 2 N–H and O–H groups in total. The summed E-state index contributed by atoms with van der Waals surface area (Å²) in [4.78, 5) is 11.9. The number of carbonyl (C=O) groups is 1. The standard InChI is InChI=1S/C18H14ClF2N3O/c19-17-8-14(21)2-1-11(17)7-16(18(22)25)12-9-23-24(10-12)15-5-3-13(20)4-6-15/h1-6,8-10,16H,7H2,(H2,22,25). The molecule has 0 aliphatic carbocycles. The predicted molar refractivity (Wildman–Crippen MR) is 90.6 cm³/mol. The number of rotatable bonds is 5. The summed E-state index contributed by atoms with van der Waals surface area (Å²) in [6.45, 7) is 0. The molecule has 1 aromatic heterocycles. The molecule has 0 radical (unpaired) electrons. The lowest BCUT2D eigenvalue weighted by molar-refractivity contribution is -0.119. The van der Waals surface area contributed by atoms with Crippen molar-refractivity contribution < 1.29 is 13.6 Å². The zero-order valence-corrected chi connectivity index (χ0v) is 13.8. The van der Waals surface area contributed by atoms with E-state index >= 15 is 0 Å². The van der Waals surface area contributed by atoms with Crippen LogP contribution < -0.4 is 5.73 Å². The van der Waals surface area contributed by atoms with E-state index < -0.39 is 17.6 Å². The number of carbonyl (C=O) groups excluding carboxylic acids is 1. The second kappa shape index (κ2) is 7.03. The van der Waals surface area contributed by atoms with Gasteiger partial charge in [-0.15, -0.1) is 0 Å². The molecule has 1 atom stereocenters. The van der Waals surface area contributed by atoms with Crippen molar-refractivity contribution >= 4 is 17.5 Å². The highest BCUT2D eigenvalue weighted by Crippen LogP contribution is 2.26. The van der Waals surface area contributed by atoms with Crippen molar-refractivity contribution in [3.05, 3.63) is 82.6 Å². The van der Waals surface area contributed by atoms with E-state index in [4.69, 9.17) is 17.3 Å². The fourth-order valence-corrected chi connectivity index (χ4v) is 2.79. The summed E-state index contributed by atoms with van der Waals surface area (Å²) in [6, 6.07) is 9.78. The van der Waals surface area contributed by atoms with Crippen LogP contribution in [0.15, 0.2) is 54.9 Å². The summed E-state index contributed by atoms with van der Waals surface area (Å²) in [5, 5.41) is 4.42. The summed E-state index contributed by atoms with van der Waals surface area (Å²) in [5.41, 5.74) is 7.38. The van der Waals surface area contributed by atoms with E-state index in [2.05, 4.69) is 5.10 Å². The first-order valence-corrected chi connectivity index (χ1v) is 7.85. The van der Waals surface area contributed by atoms with Gasteiger partial charge in [-0.05, 0) is 48.4 Å². The van der Waals surface area contributed by atoms with Gasteiger partial charge in [0.1, 0.15) is 11.6 Å². The maximum Gasteiger partial charge on any atom is 0.225 e. The molecular formula is C18H14ClF2N3O. The smallest absolute Gasteiger partial charge is 0.225 e. The highest BCUT2D eigenvalue weighted by Gasteiger charge is 2.22. The minimum absolute atomic E-state index is 0.226. The summed E-state index contributed by atoms with van der Waals surface area (Å²) < 4.78 is 27.7. The van der Waals surface area contributed by atoms with Gasteiger partial charge in [0.25, 0.3) is 0 Å². The summed E-state index contributed by atoms with van der Waals surface area (Å²) in [7, 11) is 0. The summed E-state index contributed by atoms with van der Waals surface area (Å²) in [6.07, 6.45) is 3.40. The van der Waals surface area contributed by atoms with Crippen LogP contribution in [-0.2, 0) is 11.2 Å². The lowest BCUT2D eigenvalue weighted by Gasteiger charge is -2.12. The van der Waals surface area contributed by atoms with Crippen LogP contribution in [0.3, 0.4) is 0 Å². The van der Waals surface area contributed by atoms with E-state index in [1.807, 2.05) is 0 Å². The van der Waals surface area contributed by atoms with Crippen molar-refractivity contribution in [2.75, 3.05) is 0 Å². The maximum atomic E-state index is 13.2. The molecule has 25 heavy (non-hydrogen) atoms. The first kappa shape index (κ1) is 17.1. The van der Waals surface area contributed by atoms with Crippen LogP contribution in [0, 0.1) is 11.6 Å². The Morgan fingerprint density at radius 3 is 2.48 bits per heavy atom. The van der Waals surface area contributed by atoms with E-state index in [0.29, 0.717) is 16.8 Å². The van der Waals surface area contributed by atoms with Crippen LogP contribution >= 0.6 is 11.6 Å². The van der Waals surface area contributed by atoms with Crippen molar-refractivity contribution in [1.82, 2.24) is 9.78 Å². The van der Waals surface area contributed by atoms with Crippen molar-refractivity contribution in [2.24, 2.45) is 5.73 Å². The van der Waals surface area contributed by atoms with Gasteiger partial charge in [0.15, 0.2) is 0 Å². The summed E-state index contributed by atoms with van der Waals surface area (Å²) in [5.74, 6) is -2.01. The topological polar surface area (TPSA) is 60.9 Å². The van der Waals surface area contributed by atoms with E-state index in [9.17, 15) is 13.6 Å². The van der Waals surface area contributed by atoms with Crippen LogP contribution in [0.5, 0.6) is 0 Å². The molecule has 4 nitrogen and oxygen atoms in total. The molecule has 1 unspecified atom stereocenters. The lowest BCUT2D eigenvalue weighted by Crippen LogP contribution is -2.23. The van der Waals surface area contributed by atoms with E-state index in [1.54, 1.807) is 18.3 Å². The zero-order valence-electron chi connectivity index (χ0n) is 13.0. The average Bonchev–Trinajstić information content (AvgIpc) is 3.04. The molecule has 0 saturated carbocycles. The molecule has 2 aromatic carbocycles. The molecule has 128 valence electrons. The fraction of sp³-hybridized carbons (Fsp3) is 0.111. The van der Waals surface area contributed by atoms with Crippen LogP contribution in [0.25, 0.3) is 5.69 Å². The van der Waals surface area contributed by atoms with Crippen LogP contribution in [0.2, 0.25) is 5.02 Å². The van der Waals surface area contributed by atoms with Crippen molar-refractivity contribution in [3.8, 4) is 5.69 Å². The molecule has 1 amide bonds. The SMILES string of the molecule is NC(=O)C(Cc1ccc(F)cc1Cl)c1cnn(-c2ccc(F)cc2)c1. The minimum atomic E-state index is -0.669. The molecule has 1 heterocycles. The van der Waals surface area contributed by atoms with Crippen molar-refractivity contribution in [3.63, 3.8) is 0 Å². The van der Waals surface area contributed by atoms with Crippen LogP contribution in [0.1, 0.15) is 17.0 Å². The number of amides is 1. The Labute approximate surface area is 147 Å². The zero-order chi connectivity index (χ0) is 18.0. The maximum absolute atomic E-state index is 13.2. The molecule has 3 rings (SSSR count). The first-order valence-electron chi connectivity index (χ1n) is 7.48. The van der Waals surface area contributed by atoms with Gasteiger partial charge in [-0.2, -0.15) is 5.10 Å². The van der Waals surface area contributed by atoms with Gasteiger partial charge in [-0.1, -0.05) is 17.7 Å². The number of hydrogen-bond acceptors (Lipinski definition) is 2. The first-order chi connectivity index (χ1) is 11.9. The average molecular weight is 362 g/mol. The van der Waals surface area contributed by atoms with Crippen LogP contribution in [-0.4, -0.2) is 15.7 Å². The third-order valence-electron chi connectivity index (χ3n) is 3.88. The summed E-state index contributed by atoms with van der Waals surface area (Å²) >= 11 is 6.03. The molecule has 0 bridgehead atoms. The van der Waals surface area contributed by atoms with Gasteiger partial charge in [0, 0.05) is 16.8 Å². The van der Waals surface area contributed by atoms with Gasteiger partial charge in [-0.3, -0.25) is 4.79 Å². The third kappa shape index (κ3) is 3.85. The predicted octanol–water partition coefficient (Wildman–Crippen LogP) is 3.62. The van der Waals surface area contributed by atoms with E-state index in [-0.39, 0.29) is 17.3 Å². The van der Waals surface area contributed by atoms with Crippen LogP contribution in [0.4, 0.5) is 8.78 Å². The minimum Gasteiger partial charge on any atom is -0.369 e. The Bertz CT molecular complexity index is 909. The van der Waals surface area contributed by atoms with Gasteiger partial charge in [-0.25, -0.2) is 13.5 Å². The Morgan fingerprint density at radius 2 is 1.84 bits per heavy atom. The molecule has 0 aliphatic rings. The monoisotopic (exact) mass is 361 g/mol. The fourth-order valence-electron chi connectivity index (χ4n) is 2.54. The van der Waals surface area contributed by atoms with Gasteiger partial charge >= 0.3 is 0 Å². The molecule has 7 heteroatoms. The molecule has 0 saturated heterocycles. The Balaban J connectivity index is 1.88. The highest BCUT2D eigenvalue weighted by molar-refractivity contribution is 6.31. The third-order valence-corrected chi connectivity index (χ3v) is 4.23. The number of nitrogens with zero attached hydrogens (tertiary/aromatic N) is 2. The van der Waals surface area contributed by atoms with Gasteiger partial charge in [0.05, 0.1) is 17.8 Å². The van der Waals surface area contributed by atoms with E-state index in [0.717, 1.165) is 0 Å². The quantitative estimate of drug-likeness (QED) is 0.754. The molecule has 3 aromatic rings. The number of aromatic nitrogens is 2. The number of halogens is 3. The second-order valence-corrected chi connectivity index (χ2v) is 6.00. The Kier molecular flexibility index (Phi) is 4.81. The number of benzene rings is 2. The normalized spacial score (nSPS) is 12.1. The second-order valence-electron chi connectivity index (χ2n) is 5.59. The highest BCUT2D eigenvalue weighted by atomic mass is 35.5. The van der Waals surface area contributed by atoms with E-state index in [1.165, 1.54) is 41.2 Å². The van der Waals surface area contributed by atoms with Gasteiger partial charge < -0.3 is 5.73 Å². The molecule has 0 spiro atoms. The Morgan fingerprint density at radius 1 is 1.16 bits per heavy atom. The Hall–Kier alpha value is -2.73. The van der Waals surface area contributed by atoms with Crippen molar-refractivity contribution in [2.45, 2.75) is 12.3 Å². The molecule has 0 fully saturated rings. The van der Waals surface area contributed by atoms with Crippen molar-refractivity contribution in [1.29, 1.82) is 0 Å². The molecule has 0 aliphatic heterocycles. The number of hydrogen-bond donors (Lipinski definition) is 1. The largest absolute Gasteiger partial charge is 0.369 e. The number of primary amides is 1.